The van der Waals surface area contributed by atoms with E-state index in [9.17, 15) is 0 Å². The molecule has 72 valence electrons. The zero-order valence-electron chi connectivity index (χ0n) is 7.46. The molecule has 0 radical (unpaired) electrons. The van der Waals surface area contributed by atoms with Gasteiger partial charge < -0.3 is 5.32 Å². The van der Waals surface area contributed by atoms with E-state index >= 15 is 0 Å². The summed E-state index contributed by atoms with van der Waals surface area (Å²) in [6, 6.07) is 0.669. The van der Waals surface area contributed by atoms with Gasteiger partial charge in [0.1, 0.15) is 9.34 Å². The Hall–Kier alpha value is -0.160. The van der Waals surface area contributed by atoms with Gasteiger partial charge >= 0.3 is 0 Å². The van der Waals surface area contributed by atoms with Crippen molar-refractivity contribution in [2.24, 2.45) is 0 Å². The predicted molar refractivity (Wildman–Crippen MR) is 55.2 cm³/mol. The summed E-state index contributed by atoms with van der Waals surface area (Å²) in [5, 5.41) is 4.35. The number of aromatic nitrogens is 1. The molecule has 1 aliphatic heterocycles. The summed E-state index contributed by atoms with van der Waals surface area (Å²) in [5.41, 5.74) is 0. The smallest absolute Gasteiger partial charge is 0.113 e. The molecule has 1 aromatic heterocycles. The Morgan fingerprint density at radius 2 is 2.54 bits per heavy atom. The van der Waals surface area contributed by atoms with Crippen LogP contribution in [-0.2, 0) is 6.54 Å². The highest BCUT2D eigenvalue weighted by molar-refractivity contribution is 7.15. The molecule has 1 N–H and O–H groups in total. The molecule has 1 saturated heterocycles. The fraction of sp³-hybridized carbons (Fsp3) is 0.625. The van der Waals surface area contributed by atoms with Crippen LogP contribution in [-0.4, -0.2) is 36.1 Å². The summed E-state index contributed by atoms with van der Waals surface area (Å²) in [6.07, 6.45) is 1.72. The summed E-state index contributed by atoms with van der Waals surface area (Å²) < 4.78 is 0.773. The minimum absolute atomic E-state index is 0.669. The lowest BCUT2D eigenvalue weighted by Gasteiger charge is -2.35. The topological polar surface area (TPSA) is 28.2 Å². The van der Waals surface area contributed by atoms with Gasteiger partial charge in [0, 0.05) is 19.1 Å². The van der Waals surface area contributed by atoms with E-state index < -0.39 is 0 Å². The Morgan fingerprint density at radius 1 is 1.77 bits per heavy atom. The lowest BCUT2D eigenvalue weighted by Crippen LogP contribution is -2.55. The summed E-state index contributed by atoms with van der Waals surface area (Å²) in [6.45, 7) is 3.09. The van der Waals surface area contributed by atoms with Crippen LogP contribution in [0, 0.1) is 0 Å². The number of likely N-dealkylation sites (N-methyl/N-ethyl adjacent to an activating group) is 1. The minimum atomic E-state index is 0.669. The minimum Gasteiger partial charge on any atom is -0.314 e. The molecule has 0 spiro atoms. The molecular weight excluding hydrogens is 206 g/mol. The van der Waals surface area contributed by atoms with E-state index in [1.807, 2.05) is 0 Å². The predicted octanol–water partition coefficient (Wildman–Crippen LogP) is 1.20. The van der Waals surface area contributed by atoms with Crippen molar-refractivity contribution in [3.63, 3.8) is 0 Å². The molecule has 0 aromatic carbocycles. The van der Waals surface area contributed by atoms with E-state index in [0.717, 1.165) is 29.0 Å². The van der Waals surface area contributed by atoms with Crippen molar-refractivity contribution in [1.29, 1.82) is 0 Å². The maximum atomic E-state index is 5.80. The molecular formula is C8H12ClN3S. The molecule has 1 fully saturated rings. The van der Waals surface area contributed by atoms with Crippen LogP contribution in [0.5, 0.6) is 0 Å². The second kappa shape index (κ2) is 3.92. The number of hydrogen-bond donors (Lipinski definition) is 1. The van der Waals surface area contributed by atoms with E-state index in [1.165, 1.54) is 0 Å². The van der Waals surface area contributed by atoms with Gasteiger partial charge in [-0.3, -0.25) is 4.90 Å². The van der Waals surface area contributed by atoms with Gasteiger partial charge in [-0.05, 0) is 7.05 Å². The zero-order chi connectivity index (χ0) is 9.26. The van der Waals surface area contributed by atoms with E-state index in [-0.39, 0.29) is 0 Å². The third-order valence-electron chi connectivity index (χ3n) is 2.29. The van der Waals surface area contributed by atoms with Crippen molar-refractivity contribution >= 4 is 22.9 Å². The maximum absolute atomic E-state index is 5.80. The molecule has 0 saturated carbocycles. The van der Waals surface area contributed by atoms with Crippen LogP contribution in [0.2, 0.25) is 4.34 Å². The molecule has 5 heteroatoms. The van der Waals surface area contributed by atoms with Gasteiger partial charge in [0.25, 0.3) is 0 Å². The van der Waals surface area contributed by atoms with Crippen molar-refractivity contribution < 1.29 is 0 Å². The third-order valence-corrected chi connectivity index (χ3v) is 3.39. The van der Waals surface area contributed by atoms with E-state index in [0.29, 0.717) is 6.04 Å². The van der Waals surface area contributed by atoms with Gasteiger partial charge in [0.05, 0.1) is 12.7 Å². The average molecular weight is 218 g/mol. The van der Waals surface area contributed by atoms with Gasteiger partial charge in [0.2, 0.25) is 0 Å². The molecule has 0 atom stereocenters. The molecule has 0 bridgehead atoms. The molecule has 0 unspecified atom stereocenters. The van der Waals surface area contributed by atoms with Gasteiger partial charge in [-0.15, -0.1) is 11.3 Å². The standard InChI is InChI=1S/C8H12ClN3S/c1-12(6-2-10-3-6)5-8-11-4-7(9)13-8/h4,6,10H,2-3,5H2,1H3. The van der Waals surface area contributed by atoms with E-state index in [2.05, 4.69) is 22.2 Å². The maximum Gasteiger partial charge on any atom is 0.113 e. The summed E-state index contributed by atoms with van der Waals surface area (Å²) >= 11 is 7.36. The van der Waals surface area contributed by atoms with Crippen molar-refractivity contribution in [3.05, 3.63) is 15.5 Å². The Kier molecular flexibility index (Phi) is 2.83. The monoisotopic (exact) mass is 217 g/mol. The second-order valence-electron chi connectivity index (χ2n) is 3.29. The molecule has 1 aliphatic rings. The van der Waals surface area contributed by atoms with Crippen LogP contribution in [0.3, 0.4) is 0 Å². The molecule has 13 heavy (non-hydrogen) atoms. The van der Waals surface area contributed by atoms with Gasteiger partial charge in [-0.1, -0.05) is 11.6 Å². The molecule has 3 nitrogen and oxygen atoms in total. The largest absolute Gasteiger partial charge is 0.314 e. The molecule has 1 aromatic rings. The Bertz CT molecular complexity index is 285. The first-order valence-electron chi connectivity index (χ1n) is 4.27. The van der Waals surface area contributed by atoms with Crippen molar-refractivity contribution in [3.8, 4) is 0 Å². The van der Waals surface area contributed by atoms with Crippen LogP contribution in [0.4, 0.5) is 0 Å². The van der Waals surface area contributed by atoms with E-state index in [1.54, 1.807) is 17.5 Å². The fourth-order valence-corrected chi connectivity index (χ4v) is 2.31. The first-order chi connectivity index (χ1) is 6.25. The van der Waals surface area contributed by atoms with Gasteiger partial charge in [-0.25, -0.2) is 4.98 Å². The Balaban J connectivity index is 1.89. The number of nitrogens with one attached hydrogen (secondary N) is 1. The number of thiazole rings is 1. The zero-order valence-corrected chi connectivity index (χ0v) is 9.03. The van der Waals surface area contributed by atoms with Crippen LogP contribution < -0.4 is 5.32 Å². The molecule has 0 amide bonds. The average Bonchev–Trinajstić information content (AvgIpc) is 2.31. The molecule has 2 rings (SSSR count). The highest BCUT2D eigenvalue weighted by Gasteiger charge is 2.21. The van der Waals surface area contributed by atoms with Crippen molar-refractivity contribution in [1.82, 2.24) is 15.2 Å². The van der Waals surface area contributed by atoms with Gasteiger partial charge in [-0.2, -0.15) is 0 Å². The first kappa shape index (κ1) is 9.40. The van der Waals surface area contributed by atoms with Gasteiger partial charge in [0.15, 0.2) is 0 Å². The molecule has 0 aliphatic carbocycles. The van der Waals surface area contributed by atoms with Crippen molar-refractivity contribution in [2.45, 2.75) is 12.6 Å². The lowest BCUT2D eigenvalue weighted by atomic mass is 10.1. The van der Waals surface area contributed by atoms with Crippen molar-refractivity contribution in [2.75, 3.05) is 20.1 Å². The fourth-order valence-electron chi connectivity index (χ4n) is 1.29. The Labute approximate surface area is 86.7 Å². The molecule has 2 heterocycles. The SMILES string of the molecule is CN(Cc1ncc(Cl)s1)C1CNC1. The van der Waals surface area contributed by atoms with Crippen LogP contribution in [0.15, 0.2) is 6.20 Å². The highest BCUT2D eigenvalue weighted by atomic mass is 35.5. The number of rotatable bonds is 3. The van der Waals surface area contributed by atoms with Crippen LogP contribution in [0.1, 0.15) is 5.01 Å². The summed E-state index contributed by atoms with van der Waals surface area (Å²) in [5.74, 6) is 0. The summed E-state index contributed by atoms with van der Waals surface area (Å²) in [7, 11) is 2.13. The number of halogens is 1. The highest BCUT2D eigenvalue weighted by Crippen LogP contribution is 2.20. The first-order valence-corrected chi connectivity index (χ1v) is 5.46. The van der Waals surface area contributed by atoms with E-state index in [4.69, 9.17) is 11.6 Å². The normalized spacial score (nSPS) is 17.8. The van der Waals surface area contributed by atoms with Crippen LogP contribution >= 0.6 is 22.9 Å². The number of nitrogens with zero attached hydrogens (tertiary/aromatic N) is 2. The Morgan fingerprint density at radius 3 is 3.00 bits per heavy atom. The third kappa shape index (κ3) is 2.20. The lowest BCUT2D eigenvalue weighted by molar-refractivity contribution is 0.173. The quantitative estimate of drug-likeness (QED) is 0.825. The number of hydrogen-bond acceptors (Lipinski definition) is 4. The second-order valence-corrected chi connectivity index (χ2v) is 5.03. The summed E-state index contributed by atoms with van der Waals surface area (Å²) in [4.78, 5) is 6.53. The van der Waals surface area contributed by atoms with Crippen LogP contribution in [0.25, 0.3) is 0 Å².